The molecule has 1 saturated heterocycles. The Bertz CT molecular complexity index is 783. The molecule has 2 aliphatic heterocycles. The Morgan fingerprint density at radius 3 is 2.79 bits per heavy atom. The average molecular weight is 383 g/mol. The van der Waals surface area contributed by atoms with E-state index in [1.807, 2.05) is 22.9 Å². The summed E-state index contributed by atoms with van der Waals surface area (Å²) in [6.07, 6.45) is 2.82. The van der Waals surface area contributed by atoms with Crippen LogP contribution in [-0.4, -0.2) is 78.4 Å². The van der Waals surface area contributed by atoms with Gasteiger partial charge >= 0.3 is 0 Å². The van der Waals surface area contributed by atoms with E-state index >= 15 is 0 Å². The molecule has 7 heteroatoms. The lowest BCUT2D eigenvalue weighted by Crippen LogP contribution is -2.48. The van der Waals surface area contributed by atoms with Gasteiger partial charge in [-0.05, 0) is 24.6 Å². The molecule has 1 aromatic carbocycles. The van der Waals surface area contributed by atoms with Crippen molar-refractivity contribution in [2.75, 3.05) is 52.9 Å². The first-order chi connectivity index (χ1) is 13.7. The molecule has 4 rings (SSSR count). The first-order valence-electron chi connectivity index (χ1n) is 10.1. The van der Waals surface area contributed by atoms with Crippen LogP contribution in [0.5, 0.6) is 0 Å². The van der Waals surface area contributed by atoms with Crippen molar-refractivity contribution in [3.05, 3.63) is 53.3 Å². The fourth-order valence-corrected chi connectivity index (χ4v) is 3.81. The molecule has 1 fully saturated rings. The number of amides is 1. The lowest BCUT2D eigenvalue weighted by molar-refractivity contribution is -0.123. The monoisotopic (exact) mass is 383 g/mol. The maximum atomic E-state index is 12.3. The summed E-state index contributed by atoms with van der Waals surface area (Å²) in [4.78, 5) is 16.8. The maximum Gasteiger partial charge on any atom is 0.234 e. The molecule has 0 unspecified atom stereocenters. The fraction of sp³-hybridized carbons (Fsp3) is 0.524. The Morgan fingerprint density at radius 2 is 2.00 bits per heavy atom. The predicted molar refractivity (Wildman–Crippen MR) is 107 cm³/mol. The quantitative estimate of drug-likeness (QED) is 0.803. The van der Waals surface area contributed by atoms with Gasteiger partial charge in [-0.3, -0.25) is 14.4 Å². The molecule has 1 aromatic heterocycles. The number of fused-ring (bicyclic) bond motifs is 1. The van der Waals surface area contributed by atoms with Gasteiger partial charge in [0.15, 0.2) is 0 Å². The molecule has 7 nitrogen and oxygen atoms in total. The Balaban J connectivity index is 1.32. The highest BCUT2D eigenvalue weighted by atomic mass is 16.5. The van der Waals surface area contributed by atoms with Gasteiger partial charge in [0.25, 0.3) is 0 Å². The Kier molecular flexibility index (Phi) is 6.04. The minimum absolute atomic E-state index is 0.0593. The number of hydrogen-bond acceptors (Lipinski definition) is 5. The van der Waals surface area contributed by atoms with Gasteiger partial charge in [-0.2, -0.15) is 5.10 Å². The highest BCUT2D eigenvalue weighted by molar-refractivity contribution is 5.78. The molecule has 0 aliphatic carbocycles. The van der Waals surface area contributed by atoms with Crippen molar-refractivity contribution in [2.45, 2.75) is 19.1 Å². The number of carbonyl (C=O) groups is 1. The zero-order valence-corrected chi connectivity index (χ0v) is 16.5. The minimum Gasteiger partial charge on any atom is -0.370 e. The van der Waals surface area contributed by atoms with Crippen molar-refractivity contribution in [1.29, 1.82) is 0 Å². The van der Waals surface area contributed by atoms with Crippen LogP contribution >= 0.6 is 0 Å². The van der Waals surface area contributed by atoms with Gasteiger partial charge < -0.3 is 15.0 Å². The summed E-state index contributed by atoms with van der Waals surface area (Å²) < 4.78 is 7.89. The van der Waals surface area contributed by atoms with Crippen molar-refractivity contribution >= 4 is 5.91 Å². The number of benzene rings is 1. The maximum absolute atomic E-state index is 12.3. The summed E-state index contributed by atoms with van der Waals surface area (Å²) in [6, 6.07) is 10.3. The van der Waals surface area contributed by atoms with E-state index in [1.54, 1.807) is 0 Å². The van der Waals surface area contributed by atoms with E-state index in [1.165, 1.54) is 11.1 Å². The third-order valence-corrected chi connectivity index (χ3v) is 5.50. The van der Waals surface area contributed by atoms with Crippen molar-refractivity contribution in [3.63, 3.8) is 0 Å². The highest BCUT2D eigenvalue weighted by Gasteiger charge is 2.25. The standard InChI is InChI=1S/C21H29N5O2/c1-24-8-10-25(11-9-24)16-20(27)22-13-19-21-18(7-12-28-19)15-26(23-21)14-17-5-3-2-4-6-17/h2-6,15,19H,7-14,16H2,1H3,(H,22,27)/t19-/m0/s1. The summed E-state index contributed by atoms with van der Waals surface area (Å²) in [7, 11) is 2.12. The van der Waals surface area contributed by atoms with Crippen molar-refractivity contribution in [1.82, 2.24) is 24.9 Å². The van der Waals surface area contributed by atoms with Gasteiger partial charge in [-0.15, -0.1) is 0 Å². The molecule has 1 amide bonds. The number of piperazine rings is 1. The van der Waals surface area contributed by atoms with Crippen LogP contribution in [0, 0.1) is 0 Å². The van der Waals surface area contributed by atoms with E-state index in [0.29, 0.717) is 19.7 Å². The molecule has 0 spiro atoms. The van der Waals surface area contributed by atoms with Crippen LogP contribution in [0.3, 0.4) is 0 Å². The highest BCUT2D eigenvalue weighted by Crippen LogP contribution is 2.25. The van der Waals surface area contributed by atoms with E-state index in [4.69, 9.17) is 9.84 Å². The van der Waals surface area contributed by atoms with Gasteiger partial charge in [-0.1, -0.05) is 30.3 Å². The lowest BCUT2D eigenvalue weighted by atomic mass is 10.1. The fourth-order valence-electron chi connectivity index (χ4n) is 3.81. The Hall–Kier alpha value is -2.22. The third kappa shape index (κ3) is 4.79. The van der Waals surface area contributed by atoms with Crippen LogP contribution in [0.15, 0.2) is 36.5 Å². The van der Waals surface area contributed by atoms with Crippen molar-refractivity contribution < 1.29 is 9.53 Å². The van der Waals surface area contributed by atoms with Crippen LogP contribution in [0.25, 0.3) is 0 Å². The zero-order chi connectivity index (χ0) is 19.3. The van der Waals surface area contributed by atoms with Gasteiger partial charge in [0, 0.05) is 38.9 Å². The van der Waals surface area contributed by atoms with Gasteiger partial charge in [0.1, 0.15) is 6.10 Å². The second kappa shape index (κ2) is 8.86. The second-order valence-electron chi connectivity index (χ2n) is 7.72. The van der Waals surface area contributed by atoms with Crippen molar-refractivity contribution in [3.8, 4) is 0 Å². The molecule has 0 saturated carbocycles. The van der Waals surface area contributed by atoms with E-state index in [2.05, 4.69) is 40.5 Å². The summed E-state index contributed by atoms with van der Waals surface area (Å²) >= 11 is 0. The first kappa shape index (κ1) is 19.1. The van der Waals surface area contributed by atoms with Gasteiger partial charge in [0.05, 0.1) is 25.4 Å². The molecule has 0 bridgehead atoms. The molecule has 1 atom stereocenters. The van der Waals surface area contributed by atoms with Crippen LogP contribution in [0.4, 0.5) is 0 Å². The average Bonchev–Trinajstić information content (AvgIpc) is 3.12. The van der Waals surface area contributed by atoms with E-state index in [-0.39, 0.29) is 12.0 Å². The Morgan fingerprint density at radius 1 is 1.21 bits per heavy atom. The van der Waals surface area contributed by atoms with Crippen LogP contribution in [0.2, 0.25) is 0 Å². The van der Waals surface area contributed by atoms with Crippen LogP contribution in [0.1, 0.15) is 22.9 Å². The number of hydrogen-bond donors (Lipinski definition) is 1. The molecule has 2 aromatic rings. The number of carbonyl (C=O) groups excluding carboxylic acids is 1. The normalized spacial score (nSPS) is 20.7. The number of rotatable bonds is 6. The molecule has 3 heterocycles. The third-order valence-electron chi connectivity index (χ3n) is 5.50. The van der Waals surface area contributed by atoms with Crippen LogP contribution < -0.4 is 5.32 Å². The zero-order valence-electron chi connectivity index (χ0n) is 16.5. The molecule has 1 N–H and O–H groups in total. The topological polar surface area (TPSA) is 62.6 Å². The number of nitrogens with one attached hydrogen (secondary N) is 1. The first-order valence-corrected chi connectivity index (χ1v) is 10.1. The number of likely N-dealkylation sites (N-methyl/N-ethyl adjacent to an activating group) is 1. The van der Waals surface area contributed by atoms with E-state index < -0.39 is 0 Å². The molecule has 150 valence electrons. The number of aromatic nitrogens is 2. The summed E-state index contributed by atoms with van der Waals surface area (Å²) in [5.41, 5.74) is 3.41. The van der Waals surface area contributed by atoms with E-state index in [0.717, 1.165) is 44.8 Å². The van der Waals surface area contributed by atoms with E-state index in [9.17, 15) is 4.79 Å². The largest absolute Gasteiger partial charge is 0.370 e. The number of ether oxygens (including phenoxy) is 1. The second-order valence-corrected chi connectivity index (χ2v) is 7.72. The minimum atomic E-state index is -0.169. The van der Waals surface area contributed by atoms with Crippen molar-refractivity contribution in [2.24, 2.45) is 0 Å². The Labute approximate surface area is 166 Å². The molecule has 2 aliphatic rings. The summed E-state index contributed by atoms with van der Waals surface area (Å²) in [6.45, 7) is 6.26. The summed E-state index contributed by atoms with van der Waals surface area (Å²) in [5, 5.41) is 7.80. The lowest BCUT2D eigenvalue weighted by Gasteiger charge is -2.32. The van der Waals surface area contributed by atoms with Gasteiger partial charge in [-0.25, -0.2) is 0 Å². The van der Waals surface area contributed by atoms with Gasteiger partial charge in [0.2, 0.25) is 5.91 Å². The molecule has 0 radical (unpaired) electrons. The smallest absolute Gasteiger partial charge is 0.234 e. The van der Waals surface area contributed by atoms with Crippen LogP contribution in [-0.2, 0) is 22.5 Å². The SMILES string of the molecule is CN1CCN(CC(=O)NC[C@@H]2OCCc3cn(Cc4ccccc4)nc32)CC1. The molecular weight excluding hydrogens is 354 g/mol. The molecular formula is C21H29N5O2. The predicted octanol–water partition coefficient (Wildman–Crippen LogP) is 0.909. The molecule has 28 heavy (non-hydrogen) atoms. The summed E-state index contributed by atoms with van der Waals surface area (Å²) in [5.74, 6) is 0.0593. The number of nitrogens with zero attached hydrogens (tertiary/aromatic N) is 4.